The van der Waals surface area contributed by atoms with Crippen LogP contribution in [0.4, 0.5) is 10.5 Å². The van der Waals surface area contributed by atoms with Gasteiger partial charge < -0.3 is 14.6 Å². The first-order valence-electron chi connectivity index (χ1n) is 7.43. The van der Waals surface area contributed by atoms with Crippen molar-refractivity contribution in [3.8, 4) is 17.2 Å². The van der Waals surface area contributed by atoms with Crippen LogP contribution in [-0.2, 0) is 4.79 Å². The van der Waals surface area contributed by atoms with Gasteiger partial charge in [-0.3, -0.25) is 9.59 Å². The number of hydrogen-bond donors (Lipinski definition) is 1. The normalized spacial score (nSPS) is 15.7. The standard InChI is InChI=1S/C18H14ClNO5S/c1-24-13-6-10(7-14(25-2)16(13)21)8-15-17(22)20(18(23)26-15)12-5-3-4-11(19)9-12/h3-9,21H,1-2H3/b15-8+. The maximum Gasteiger partial charge on any atom is 0.298 e. The molecule has 0 saturated carbocycles. The lowest BCUT2D eigenvalue weighted by Gasteiger charge is -2.12. The molecule has 1 aliphatic rings. The Kier molecular flexibility index (Phi) is 5.11. The topological polar surface area (TPSA) is 76.1 Å². The minimum Gasteiger partial charge on any atom is -0.502 e. The molecule has 0 aromatic heterocycles. The van der Waals surface area contributed by atoms with Gasteiger partial charge in [0.05, 0.1) is 24.8 Å². The summed E-state index contributed by atoms with van der Waals surface area (Å²) >= 11 is 6.76. The highest BCUT2D eigenvalue weighted by molar-refractivity contribution is 8.19. The van der Waals surface area contributed by atoms with Gasteiger partial charge in [-0.15, -0.1) is 0 Å². The highest BCUT2D eigenvalue weighted by atomic mass is 35.5. The summed E-state index contributed by atoms with van der Waals surface area (Å²) < 4.78 is 10.2. The van der Waals surface area contributed by atoms with Crippen molar-refractivity contribution in [1.82, 2.24) is 0 Å². The van der Waals surface area contributed by atoms with Crippen LogP contribution in [0.25, 0.3) is 6.08 Å². The van der Waals surface area contributed by atoms with E-state index in [0.29, 0.717) is 16.3 Å². The van der Waals surface area contributed by atoms with Crippen molar-refractivity contribution in [2.24, 2.45) is 0 Å². The summed E-state index contributed by atoms with van der Waals surface area (Å²) in [5, 5.41) is 9.98. The van der Waals surface area contributed by atoms with Gasteiger partial charge in [0.2, 0.25) is 5.75 Å². The van der Waals surface area contributed by atoms with Crippen LogP contribution in [0.3, 0.4) is 0 Å². The molecule has 2 aromatic carbocycles. The summed E-state index contributed by atoms with van der Waals surface area (Å²) in [6.07, 6.45) is 1.54. The Hall–Kier alpha value is -2.64. The number of phenolic OH excluding ortho intramolecular Hbond substituents is 1. The number of carbonyl (C=O) groups is 2. The number of halogens is 1. The van der Waals surface area contributed by atoms with Crippen molar-refractivity contribution in [2.75, 3.05) is 19.1 Å². The van der Waals surface area contributed by atoms with E-state index in [2.05, 4.69) is 0 Å². The fourth-order valence-corrected chi connectivity index (χ4v) is 3.48. The Morgan fingerprint density at radius 2 is 1.77 bits per heavy atom. The van der Waals surface area contributed by atoms with Crippen LogP contribution >= 0.6 is 23.4 Å². The van der Waals surface area contributed by atoms with Crippen LogP contribution in [0, 0.1) is 0 Å². The second-order valence-corrected chi connectivity index (χ2v) is 6.70. The first-order valence-corrected chi connectivity index (χ1v) is 8.62. The largest absolute Gasteiger partial charge is 0.502 e. The maximum atomic E-state index is 12.7. The second kappa shape index (κ2) is 7.31. The van der Waals surface area contributed by atoms with Crippen LogP contribution < -0.4 is 14.4 Å². The van der Waals surface area contributed by atoms with Gasteiger partial charge >= 0.3 is 0 Å². The molecule has 26 heavy (non-hydrogen) atoms. The molecule has 0 bridgehead atoms. The molecular formula is C18H14ClNO5S. The van der Waals surface area contributed by atoms with Crippen LogP contribution in [0.1, 0.15) is 5.56 Å². The average Bonchev–Trinajstić information content (AvgIpc) is 2.89. The highest BCUT2D eigenvalue weighted by Gasteiger charge is 2.36. The van der Waals surface area contributed by atoms with E-state index in [1.54, 1.807) is 42.5 Å². The molecule has 2 aromatic rings. The molecular weight excluding hydrogens is 378 g/mol. The summed E-state index contributed by atoms with van der Waals surface area (Å²) in [5.41, 5.74) is 0.956. The SMILES string of the molecule is COc1cc(/C=C2/SC(=O)N(c3cccc(Cl)c3)C2=O)cc(OC)c1O. The minimum absolute atomic E-state index is 0.140. The smallest absolute Gasteiger partial charge is 0.298 e. The zero-order valence-corrected chi connectivity index (χ0v) is 15.4. The lowest BCUT2D eigenvalue weighted by atomic mass is 10.1. The molecule has 1 N–H and O–H groups in total. The summed E-state index contributed by atoms with van der Waals surface area (Å²) in [6.45, 7) is 0. The molecule has 8 heteroatoms. The van der Waals surface area contributed by atoms with Gasteiger partial charge in [0, 0.05) is 5.02 Å². The number of ether oxygens (including phenoxy) is 2. The van der Waals surface area contributed by atoms with E-state index in [0.717, 1.165) is 16.7 Å². The Labute approximate surface area is 159 Å². The molecule has 6 nitrogen and oxygen atoms in total. The number of methoxy groups -OCH3 is 2. The monoisotopic (exact) mass is 391 g/mol. The molecule has 0 aliphatic carbocycles. The number of benzene rings is 2. The van der Waals surface area contributed by atoms with Gasteiger partial charge in [0.1, 0.15) is 0 Å². The Balaban J connectivity index is 1.98. The summed E-state index contributed by atoms with van der Waals surface area (Å²) in [5.74, 6) is -0.193. The van der Waals surface area contributed by atoms with Gasteiger partial charge in [-0.25, -0.2) is 4.90 Å². The van der Waals surface area contributed by atoms with Gasteiger partial charge in [-0.2, -0.15) is 0 Å². The first-order chi connectivity index (χ1) is 12.4. The summed E-state index contributed by atoms with van der Waals surface area (Å²) in [4.78, 5) is 26.3. The molecule has 3 rings (SSSR count). The zero-order valence-electron chi connectivity index (χ0n) is 13.9. The number of imide groups is 1. The first kappa shape index (κ1) is 18.2. The van der Waals surface area contributed by atoms with Crippen molar-refractivity contribution in [2.45, 2.75) is 0 Å². The third kappa shape index (κ3) is 3.36. The number of carbonyl (C=O) groups excluding carboxylic acids is 2. The number of amides is 2. The zero-order chi connectivity index (χ0) is 18.8. The molecule has 0 unspecified atom stereocenters. The van der Waals surface area contributed by atoms with Crippen molar-refractivity contribution < 1.29 is 24.2 Å². The van der Waals surface area contributed by atoms with E-state index in [1.165, 1.54) is 14.2 Å². The molecule has 0 spiro atoms. The molecule has 2 amide bonds. The van der Waals surface area contributed by atoms with Gasteiger partial charge in [0.25, 0.3) is 11.1 Å². The molecule has 0 radical (unpaired) electrons. The molecule has 1 saturated heterocycles. The number of nitrogens with zero attached hydrogens (tertiary/aromatic N) is 1. The van der Waals surface area contributed by atoms with E-state index in [-0.39, 0.29) is 22.2 Å². The van der Waals surface area contributed by atoms with Gasteiger partial charge in [-0.05, 0) is 53.7 Å². The summed E-state index contributed by atoms with van der Waals surface area (Å²) in [6, 6.07) is 9.61. The van der Waals surface area contributed by atoms with Crippen LogP contribution in [0.15, 0.2) is 41.3 Å². The van der Waals surface area contributed by atoms with E-state index in [1.807, 2.05) is 0 Å². The number of thioether (sulfide) groups is 1. The van der Waals surface area contributed by atoms with Crippen molar-refractivity contribution in [3.05, 3.63) is 51.9 Å². The molecule has 1 fully saturated rings. The van der Waals surface area contributed by atoms with E-state index in [4.69, 9.17) is 21.1 Å². The molecule has 1 heterocycles. The minimum atomic E-state index is -0.451. The molecule has 134 valence electrons. The number of hydrogen-bond acceptors (Lipinski definition) is 6. The third-order valence-electron chi connectivity index (χ3n) is 3.66. The summed E-state index contributed by atoms with van der Waals surface area (Å²) in [7, 11) is 2.82. The predicted molar refractivity (Wildman–Crippen MR) is 101 cm³/mol. The highest BCUT2D eigenvalue weighted by Crippen LogP contribution is 2.40. The van der Waals surface area contributed by atoms with Crippen LogP contribution in [0.5, 0.6) is 17.2 Å². The van der Waals surface area contributed by atoms with Crippen LogP contribution in [-0.4, -0.2) is 30.5 Å². The second-order valence-electron chi connectivity index (χ2n) is 5.27. The Morgan fingerprint density at radius 3 is 2.35 bits per heavy atom. The van der Waals surface area contributed by atoms with Crippen LogP contribution in [0.2, 0.25) is 5.02 Å². The van der Waals surface area contributed by atoms with Gasteiger partial charge in [-0.1, -0.05) is 17.7 Å². The van der Waals surface area contributed by atoms with E-state index in [9.17, 15) is 14.7 Å². The number of aromatic hydroxyl groups is 1. The number of rotatable bonds is 4. The fraction of sp³-hybridized carbons (Fsp3) is 0.111. The van der Waals surface area contributed by atoms with E-state index < -0.39 is 11.1 Å². The van der Waals surface area contributed by atoms with Crippen molar-refractivity contribution >= 4 is 46.3 Å². The fourth-order valence-electron chi connectivity index (χ4n) is 2.45. The van der Waals surface area contributed by atoms with Crippen molar-refractivity contribution in [3.63, 3.8) is 0 Å². The average molecular weight is 392 g/mol. The Morgan fingerprint density at radius 1 is 1.12 bits per heavy atom. The van der Waals surface area contributed by atoms with Crippen molar-refractivity contribution in [1.29, 1.82) is 0 Å². The maximum absolute atomic E-state index is 12.7. The predicted octanol–water partition coefficient (Wildman–Crippen LogP) is 4.30. The quantitative estimate of drug-likeness (QED) is 0.783. The number of anilines is 1. The lowest BCUT2D eigenvalue weighted by Crippen LogP contribution is -2.27. The lowest BCUT2D eigenvalue weighted by molar-refractivity contribution is -0.113. The van der Waals surface area contributed by atoms with E-state index >= 15 is 0 Å². The molecule has 0 atom stereocenters. The molecule has 1 aliphatic heterocycles. The van der Waals surface area contributed by atoms with Gasteiger partial charge in [0.15, 0.2) is 11.5 Å². The Bertz CT molecular complexity index is 903. The third-order valence-corrected chi connectivity index (χ3v) is 4.76. The number of phenols is 1.